The van der Waals surface area contributed by atoms with Crippen molar-refractivity contribution in [2.24, 2.45) is 0 Å². The molecule has 1 unspecified atom stereocenters. The largest absolute Gasteiger partial charge is 0.335 e. The number of imidazole rings is 1. The minimum Gasteiger partial charge on any atom is -0.335 e. The summed E-state index contributed by atoms with van der Waals surface area (Å²) in [5.41, 5.74) is 1.14. The Labute approximate surface area is 119 Å². The van der Waals surface area contributed by atoms with Crippen LogP contribution in [0, 0.1) is 5.82 Å². The zero-order chi connectivity index (χ0) is 14.4. The lowest BCUT2D eigenvalue weighted by Crippen LogP contribution is -2.31. The summed E-state index contributed by atoms with van der Waals surface area (Å²) in [5, 5.41) is 3.33. The van der Waals surface area contributed by atoms with Gasteiger partial charge in [0, 0.05) is 31.4 Å². The average Bonchev–Trinajstić information content (AvgIpc) is 2.88. The summed E-state index contributed by atoms with van der Waals surface area (Å²) in [4.78, 5) is 4.44. The maximum atomic E-state index is 12.9. The molecule has 0 saturated carbocycles. The Morgan fingerprint density at radius 3 is 2.65 bits per heavy atom. The number of likely N-dealkylation sites (N-methyl/N-ethyl adjacent to an activating group) is 1. The first-order chi connectivity index (χ1) is 9.72. The molecule has 0 spiro atoms. The molecule has 2 rings (SSSR count). The van der Waals surface area contributed by atoms with Crippen LogP contribution in [0.1, 0.15) is 24.7 Å². The Hall–Kier alpha value is -1.68. The predicted molar refractivity (Wildman–Crippen MR) is 79.2 cm³/mol. The molecule has 1 N–H and O–H groups in total. The Kier molecular flexibility index (Phi) is 5.30. The fourth-order valence-electron chi connectivity index (χ4n) is 2.38. The van der Waals surface area contributed by atoms with E-state index >= 15 is 0 Å². The monoisotopic (exact) mass is 275 g/mol. The number of nitrogens with zero attached hydrogens (tertiary/aromatic N) is 2. The molecule has 0 aliphatic carbocycles. The second-order valence-electron chi connectivity index (χ2n) is 5.06. The van der Waals surface area contributed by atoms with Gasteiger partial charge in [0.25, 0.3) is 0 Å². The van der Waals surface area contributed by atoms with Crippen LogP contribution in [0.5, 0.6) is 0 Å². The van der Waals surface area contributed by atoms with Crippen LogP contribution in [0.2, 0.25) is 0 Å². The molecule has 0 aliphatic rings. The van der Waals surface area contributed by atoms with Crippen LogP contribution in [-0.2, 0) is 19.4 Å². The minimum absolute atomic E-state index is 0.187. The summed E-state index contributed by atoms with van der Waals surface area (Å²) in [5.74, 6) is 0.918. The Bertz CT molecular complexity index is 519. The van der Waals surface area contributed by atoms with Gasteiger partial charge < -0.3 is 9.88 Å². The SMILES string of the molecule is CCCn1ccnc1CC(Cc1ccc(F)cc1)NC. The molecule has 0 fully saturated rings. The highest BCUT2D eigenvalue weighted by Crippen LogP contribution is 2.10. The number of aromatic nitrogens is 2. The molecule has 108 valence electrons. The Morgan fingerprint density at radius 1 is 1.25 bits per heavy atom. The number of aryl methyl sites for hydroxylation is 1. The third kappa shape index (κ3) is 3.90. The van der Waals surface area contributed by atoms with Gasteiger partial charge >= 0.3 is 0 Å². The van der Waals surface area contributed by atoms with E-state index in [1.165, 1.54) is 12.1 Å². The van der Waals surface area contributed by atoms with Gasteiger partial charge in [0.1, 0.15) is 11.6 Å². The van der Waals surface area contributed by atoms with Crippen LogP contribution in [0.3, 0.4) is 0 Å². The molecule has 1 aromatic carbocycles. The lowest BCUT2D eigenvalue weighted by molar-refractivity contribution is 0.519. The van der Waals surface area contributed by atoms with Crippen molar-refractivity contribution in [3.05, 3.63) is 53.9 Å². The first-order valence-electron chi connectivity index (χ1n) is 7.14. The molecule has 0 aliphatic heterocycles. The van der Waals surface area contributed by atoms with Gasteiger partial charge in [0.2, 0.25) is 0 Å². The molecule has 1 heterocycles. The molecule has 0 bridgehead atoms. The molecular weight excluding hydrogens is 253 g/mol. The lowest BCUT2D eigenvalue weighted by Gasteiger charge is -2.17. The topological polar surface area (TPSA) is 29.9 Å². The van der Waals surface area contributed by atoms with E-state index in [1.54, 1.807) is 0 Å². The number of hydrogen-bond donors (Lipinski definition) is 1. The average molecular weight is 275 g/mol. The van der Waals surface area contributed by atoms with Crippen molar-refractivity contribution < 1.29 is 4.39 Å². The number of benzene rings is 1. The summed E-state index contributed by atoms with van der Waals surface area (Å²) < 4.78 is 15.1. The number of halogens is 1. The smallest absolute Gasteiger partial charge is 0.123 e. The summed E-state index contributed by atoms with van der Waals surface area (Å²) in [6, 6.07) is 7.02. The van der Waals surface area contributed by atoms with Crippen molar-refractivity contribution in [3.63, 3.8) is 0 Å². The number of hydrogen-bond acceptors (Lipinski definition) is 2. The van der Waals surface area contributed by atoms with Crippen molar-refractivity contribution >= 4 is 0 Å². The van der Waals surface area contributed by atoms with Crippen molar-refractivity contribution in [2.75, 3.05) is 7.05 Å². The fraction of sp³-hybridized carbons (Fsp3) is 0.438. The van der Waals surface area contributed by atoms with Gasteiger partial charge in [-0.15, -0.1) is 0 Å². The molecule has 1 atom stereocenters. The summed E-state index contributed by atoms with van der Waals surface area (Å²) >= 11 is 0. The first kappa shape index (κ1) is 14.7. The molecule has 0 saturated heterocycles. The molecule has 1 aromatic heterocycles. The highest BCUT2D eigenvalue weighted by atomic mass is 19.1. The number of rotatable bonds is 7. The van der Waals surface area contributed by atoms with E-state index in [0.717, 1.165) is 37.2 Å². The zero-order valence-corrected chi connectivity index (χ0v) is 12.1. The molecule has 2 aromatic rings. The van der Waals surface area contributed by atoms with Gasteiger partial charge in [-0.05, 0) is 37.6 Å². The zero-order valence-electron chi connectivity index (χ0n) is 12.1. The first-order valence-corrected chi connectivity index (χ1v) is 7.14. The quantitative estimate of drug-likeness (QED) is 0.842. The van der Waals surface area contributed by atoms with Crippen molar-refractivity contribution in [1.82, 2.24) is 14.9 Å². The van der Waals surface area contributed by atoms with E-state index in [-0.39, 0.29) is 5.82 Å². The highest BCUT2D eigenvalue weighted by molar-refractivity contribution is 5.17. The Balaban J connectivity index is 2.01. The number of nitrogens with one attached hydrogen (secondary N) is 1. The van der Waals surface area contributed by atoms with Gasteiger partial charge in [0.05, 0.1) is 0 Å². The molecular formula is C16H22FN3. The van der Waals surface area contributed by atoms with E-state index in [9.17, 15) is 4.39 Å². The fourth-order valence-corrected chi connectivity index (χ4v) is 2.38. The minimum atomic E-state index is -0.187. The molecule has 20 heavy (non-hydrogen) atoms. The van der Waals surface area contributed by atoms with Crippen LogP contribution < -0.4 is 5.32 Å². The standard InChI is InChI=1S/C16H22FN3/c1-3-9-20-10-8-19-16(20)12-15(18-2)11-13-4-6-14(17)7-5-13/h4-8,10,15,18H,3,9,11-12H2,1-2H3. The maximum absolute atomic E-state index is 12.9. The third-order valence-corrected chi connectivity index (χ3v) is 3.50. The van der Waals surface area contributed by atoms with Gasteiger partial charge in [-0.2, -0.15) is 0 Å². The van der Waals surface area contributed by atoms with Crippen LogP contribution in [-0.4, -0.2) is 22.6 Å². The molecule has 4 heteroatoms. The second kappa shape index (κ2) is 7.20. The van der Waals surface area contributed by atoms with E-state index in [2.05, 4.69) is 21.8 Å². The van der Waals surface area contributed by atoms with Crippen molar-refractivity contribution in [3.8, 4) is 0 Å². The molecule has 3 nitrogen and oxygen atoms in total. The summed E-state index contributed by atoms with van der Waals surface area (Å²) in [7, 11) is 1.96. The normalized spacial score (nSPS) is 12.6. The van der Waals surface area contributed by atoms with Crippen molar-refractivity contribution in [1.29, 1.82) is 0 Å². The molecule has 0 amide bonds. The van der Waals surface area contributed by atoms with Gasteiger partial charge in [-0.1, -0.05) is 19.1 Å². The van der Waals surface area contributed by atoms with Gasteiger partial charge in [-0.25, -0.2) is 9.37 Å². The second-order valence-corrected chi connectivity index (χ2v) is 5.06. The predicted octanol–water partition coefficient (Wildman–Crippen LogP) is 2.81. The third-order valence-electron chi connectivity index (χ3n) is 3.50. The molecule has 0 radical (unpaired) electrons. The van der Waals surface area contributed by atoms with Gasteiger partial charge in [0.15, 0.2) is 0 Å². The van der Waals surface area contributed by atoms with E-state index in [1.807, 2.05) is 31.6 Å². The highest BCUT2D eigenvalue weighted by Gasteiger charge is 2.12. The van der Waals surface area contributed by atoms with Crippen LogP contribution in [0.4, 0.5) is 4.39 Å². The van der Waals surface area contributed by atoms with Crippen molar-refractivity contribution in [2.45, 2.75) is 38.8 Å². The maximum Gasteiger partial charge on any atom is 0.123 e. The lowest BCUT2D eigenvalue weighted by atomic mass is 10.0. The van der Waals surface area contributed by atoms with Crippen LogP contribution in [0.25, 0.3) is 0 Å². The van der Waals surface area contributed by atoms with Crippen LogP contribution in [0.15, 0.2) is 36.7 Å². The van der Waals surface area contributed by atoms with E-state index in [0.29, 0.717) is 6.04 Å². The van der Waals surface area contributed by atoms with E-state index < -0.39 is 0 Å². The summed E-state index contributed by atoms with van der Waals surface area (Å²) in [6.45, 7) is 3.17. The van der Waals surface area contributed by atoms with Gasteiger partial charge in [-0.3, -0.25) is 0 Å². The summed E-state index contributed by atoms with van der Waals surface area (Å²) in [6.07, 6.45) is 6.74. The Morgan fingerprint density at radius 2 is 2.00 bits per heavy atom. The van der Waals surface area contributed by atoms with E-state index in [4.69, 9.17) is 0 Å². The van der Waals surface area contributed by atoms with Crippen LogP contribution >= 0.6 is 0 Å².